The van der Waals surface area contributed by atoms with Crippen molar-refractivity contribution >= 4 is 24.3 Å². The molecule has 2 aromatic rings. The van der Waals surface area contributed by atoms with Crippen molar-refractivity contribution in [1.29, 1.82) is 0 Å². The normalized spacial score (nSPS) is 13.0. The number of halogens is 1. The molecule has 7 heteroatoms. The number of nitrogens with two attached hydrogens (primary N) is 2. The number of carbonyl (C=O) groups is 2. The number of esters is 1. The molecule has 0 unspecified atom stereocenters. The van der Waals surface area contributed by atoms with E-state index in [9.17, 15) is 9.59 Å². The molecular weight excluding hydrogens is 392 g/mol. The largest absolute Gasteiger partial charge is 0.480 e. The molecule has 160 valence electrons. The monoisotopic (exact) mass is 422 g/mol. The Morgan fingerprint density at radius 1 is 0.966 bits per heavy atom. The van der Waals surface area contributed by atoms with Gasteiger partial charge in [0.15, 0.2) is 0 Å². The molecule has 2 rings (SSSR count). The van der Waals surface area contributed by atoms with E-state index in [0.29, 0.717) is 13.0 Å². The number of carboxylic acids is 1. The number of aliphatic carboxylic acids is 1. The van der Waals surface area contributed by atoms with Crippen LogP contribution >= 0.6 is 12.4 Å². The third kappa shape index (κ3) is 10.6. The fourth-order valence-electron chi connectivity index (χ4n) is 2.27. The Labute approximate surface area is 178 Å². The van der Waals surface area contributed by atoms with Crippen LogP contribution in [0.3, 0.4) is 0 Å². The van der Waals surface area contributed by atoms with E-state index in [0.717, 1.165) is 17.5 Å². The number of benzene rings is 2. The number of rotatable bonds is 8. The summed E-state index contributed by atoms with van der Waals surface area (Å²) in [6, 6.07) is 17.6. The van der Waals surface area contributed by atoms with Gasteiger partial charge in [-0.05, 0) is 23.5 Å². The number of hydrogen-bond acceptors (Lipinski definition) is 5. The molecule has 0 fully saturated rings. The average molecular weight is 423 g/mol. The first kappa shape index (κ1) is 26.6. The lowest BCUT2D eigenvalue weighted by Crippen LogP contribution is -2.37. The van der Waals surface area contributed by atoms with Gasteiger partial charge in [-0.2, -0.15) is 0 Å². The summed E-state index contributed by atoms with van der Waals surface area (Å²) in [5, 5.41) is 8.52. The Hall–Kier alpha value is -2.41. The highest BCUT2D eigenvalue weighted by Crippen LogP contribution is 2.08. The highest BCUT2D eigenvalue weighted by Gasteiger charge is 2.20. The lowest BCUT2D eigenvalue weighted by atomic mass is 10.0. The van der Waals surface area contributed by atoms with Crippen molar-refractivity contribution in [2.24, 2.45) is 17.4 Å². The van der Waals surface area contributed by atoms with Gasteiger partial charge in [0.1, 0.15) is 18.7 Å². The van der Waals surface area contributed by atoms with Gasteiger partial charge in [0.25, 0.3) is 0 Å². The van der Waals surface area contributed by atoms with Gasteiger partial charge in [-0.3, -0.25) is 9.59 Å². The van der Waals surface area contributed by atoms with Crippen molar-refractivity contribution in [1.82, 2.24) is 0 Å². The Kier molecular flexibility index (Phi) is 13.4. The van der Waals surface area contributed by atoms with Crippen molar-refractivity contribution in [2.45, 2.75) is 45.4 Å². The maximum absolute atomic E-state index is 11.6. The topological polar surface area (TPSA) is 116 Å². The standard InChI is InChI=1S/C13H19NO2.C9H11NO2.ClH/c1-3-10(2)12(14)13(15)16-9-11-7-5-4-6-8-11;10-8(9(11)12)6-7-4-2-1-3-5-7;/h4-8,10,12H,3,9,14H2,1-2H3;1-5,8H,6,10H2,(H,11,12);1H/t10-,12-;8-;/m00./s1. The van der Waals surface area contributed by atoms with Crippen molar-refractivity contribution < 1.29 is 19.4 Å². The smallest absolute Gasteiger partial charge is 0.323 e. The third-order valence-electron chi connectivity index (χ3n) is 4.37. The lowest BCUT2D eigenvalue weighted by molar-refractivity contribution is -0.147. The van der Waals surface area contributed by atoms with E-state index >= 15 is 0 Å². The fourth-order valence-corrected chi connectivity index (χ4v) is 2.27. The van der Waals surface area contributed by atoms with E-state index in [2.05, 4.69) is 0 Å². The molecule has 0 aromatic heterocycles. The highest BCUT2D eigenvalue weighted by atomic mass is 35.5. The summed E-state index contributed by atoms with van der Waals surface area (Å²) in [5.74, 6) is -1.12. The zero-order chi connectivity index (χ0) is 20.9. The van der Waals surface area contributed by atoms with Crippen LogP contribution in [0.5, 0.6) is 0 Å². The van der Waals surface area contributed by atoms with E-state index in [1.165, 1.54) is 0 Å². The molecule has 0 radical (unpaired) electrons. The van der Waals surface area contributed by atoms with Crippen LogP contribution < -0.4 is 11.5 Å². The van der Waals surface area contributed by atoms with Gasteiger partial charge in [-0.15, -0.1) is 12.4 Å². The van der Waals surface area contributed by atoms with Gasteiger partial charge in [0.2, 0.25) is 0 Å². The summed E-state index contributed by atoms with van der Waals surface area (Å²) < 4.78 is 5.15. The summed E-state index contributed by atoms with van der Waals surface area (Å²) >= 11 is 0. The van der Waals surface area contributed by atoms with Gasteiger partial charge >= 0.3 is 11.9 Å². The van der Waals surface area contributed by atoms with E-state index in [4.69, 9.17) is 21.3 Å². The molecule has 0 bridgehead atoms. The molecule has 2 aromatic carbocycles. The predicted molar refractivity (Wildman–Crippen MR) is 117 cm³/mol. The van der Waals surface area contributed by atoms with Crippen molar-refractivity contribution in [2.75, 3.05) is 0 Å². The van der Waals surface area contributed by atoms with Crippen LogP contribution in [0.15, 0.2) is 60.7 Å². The van der Waals surface area contributed by atoms with Crippen LogP contribution in [0.4, 0.5) is 0 Å². The summed E-state index contributed by atoms with van der Waals surface area (Å²) in [6.45, 7) is 4.26. The Morgan fingerprint density at radius 3 is 1.90 bits per heavy atom. The molecule has 0 heterocycles. The maximum Gasteiger partial charge on any atom is 0.323 e. The third-order valence-corrected chi connectivity index (χ3v) is 4.37. The van der Waals surface area contributed by atoms with E-state index in [1.807, 2.05) is 74.5 Å². The molecule has 0 spiro atoms. The van der Waals surface area contributed by atoms with Gasteiger partial charge in [0, 0.05) is 0 Å². The minimum atomic E-state index is -0.959. The second-order valence-electron chi connectivity index (χ2n) is 6.64. The first-order chi connectivity index (χ1) is 13.3. The molecular formula is C22H31ClN2O4. The molecule has 0 amide bonds. The Balaban J connectivity index is 0.000000542. The second kappa shape index (κ2) is 14.6. The molecule has 0 aliphatic heterocycles. The minimum Gasteiger partial charge on any atom is -0.480 e. The van der Waals surface area contributed by atoms with Gasteiger partial charge < -0.3 is 21.3 Å². The quantitative estimate of drug-likeness (QED) is 0.562. The first-order valence-corrected chi connectivity index (χ1v) is 9.33. The van der Waals surface area contributed by atoms with E-state index in [-0.39, 0.29) is 24.3 Å². The van der Waals surface area contributed by atoms with Crippen molar-refractivity contribution in [3.8, 4) is 0 Å². The van der Waals surface area contributed by atoms with Crippen LogP contribution in [0.2, 0.25) is 0 Å². The molecule has 0 saturated heterocycles. The lowest BCUT2D eigenvalue weighted by Gasteiger charge is -2.16. The molecule has 0 saturated carbocycles. The van der Waals surface area contributed by atoms with Gasteiger partial charge in [0.05, 0.1) is 0 Å². The number of carbonyl (C=O) groups excluding carboxylic acids is 1. The molecule has 0 aliphatic rings. The predicted octanol–water partition coefficient (Wildman–Crippen LogP) is 3.17. The van der Waals surface area contributed by atoms with Gasteiger partial charge in [-0.25, -0.2) is 0 Å². The number of ether oxygens (including phenoxy) is 1. The summed E-state index contributed by atoms with van der Waals surface area (Å²) in [7, 11) is 0. The number of hydrogen-bond donors (Lipinski definition) is 3. The van der Waals surface area contributed by atoms with Gasteiger partial charge in [-0.1, -0.05) is 80.9 Å². The van der Waals surface area contributed by atoms with Crippen LogP contribution in [0.1, 0.15) is 31.4 Å². The molecule has 5 N–H and O–H groups in total. The molecule has 6 nitrogen and oxygen atoms in total. The first-order valence-electron chi connectivity index (χ1n) is 9.33. The van der Waals surface area contributed by atoms with Crippen molar-refractivity contribution in [3.63, 3.8) is 0 Å². The van der Waals surface area contributed by atoms with Crippen LogP contribution in [-0.2, 0) is 27.4 Å². The zero-order valence-corrected chi connectivity index (χ0v) is 17.7. The van der Waals surface area contributed by atoms with Crippen molar-refractivity contribution in [3.05, 3.63) is 71.8 Å². The van der Waals surface area contributed by atoms with Crippen LogP contribution in [0.25, 0.3) is 0 Å². The maximum atomic E-state index is 11.6. The number of carboxylic acid groups (broad SMARTS) is 1. The summed E-state index contributed by atoms with van der Waals surface area (Å²) in [5.41, 5.74) is 13.0. The average Bonchev–Trinajstić information content (AvgIpc) is 2.72. The Morgan fingerprint density at radius 2 is 1.45 bits per heavy atom. The SMILES string of the molecule is CC[C@H](C)[C@H](N)C(=O)OCc1ccccc1.Cl.N[C@@H](Cc1ccccc1)C(=O)O. The summed E-state index contributed by atoms with van der Waals surface area (Å²) in [6.07, 6.45) is 1.26. The van der Waals surface area contributed by atoms with E-state index in [1.54, 1.807) is 0 Å². The van der Waals surface area contributed by atoms with E-state index < -0.39 is 18.1 Å². The molecule has 29 heavy (non-hydrogen) atoms. The van der Waals surface area contributed by atoms with Crippen LogP contribution in [-0.4, -0.2) is 29.1 Å². The second-order valence-corrected chi connectivity index (χ2v) is 6.64. The summed E-state index contributed by atoms with van der Waals surface area (Å²) in [4.78, 5) is 21.9. The fraction of sp³-hybridized carbons (Fsp3) is 0.364. The van der Waals surface area contributed by atoms with Crippen LogP contribution in [0, 0.1) is 5.92 Å². The minimum absolute atomic E-state index is 0. The Bertz CT molecular complexity index is 713. The highest BCUT2D eigenvalue weighted by molar-refractivity contribution is 5.85. The molecule has 3 atom stereocenters. The molecule has 0 aliphatic carbocycles. The zero-order valence-electron chi connectivity index (χ0n) is 16.9.